The van der Waals surface area contributed by atoms with E-state index in [1.165, 1.54) is 23.5 Å². The number of hydrogen-bond acceptors (Lipinski definition) is 1. The Labute approximate surface area is 95.7 Å². The number of phenolic OH excluding ortho intramolecular Hbond substituents is 1. The Morgan fingerprint density at radius 1 is 1.06 bits per heavy atom. The summed E-state index contributed by atoms with van der Waals surface area (Å²) >= 11 is 0. The van der Waals surface area contributed by atoms with Crippen molar-refractivity contribution in [2.45, 2.75) is 6.16 Å². The van der Waals surface area contributed by atoms with Gasteiger partial charge in [-0.2, -0.15) is 0 Å². The highest BCUT2D eigenvalue weighted by atomic mass is 31.1. The predicted molar refractivity (Wildman–Crippen MR) is 66.2 cm³/mol. The Morgan fingerprint density at radius 3 is 2.56 bits per heavy atom. The molecule has 0 spiro atoms. The minimum absolute atomic E-state index is 0.171. The molecule has 0 aliphatic carbocycles. The van der Waals surface area contributed by atoms with Gasteiger partial charge in [0.2, 0.25) is 0 Å². The lowest BCUT2D eigenvalue weighted by Crippen LogP contribution is -1.93. The van der Waals surface area contributed by atoms with Gasteiger partial charge in [0.05, 0.1) is 0 Å². The fraction of sp³-hybridized carbons (Fsp3) is 0.0769. The maximum Gasteiger partial charge on any atom is 0.123 e. The lowest BCUT2D eigenvalue weighted by Gasteiger charge is -2.05. The molecular weight excluding hydrogens is 222 g/mol. The molecule has 0 saturated heterocycles. The maximum atomic E-state index is 13.0. The topological polar surface area (TPSA) is 20.2 Å². The number of phenols is 1. The van der Waals surface area contributed by atoms with Crippen molar-refractivity contribution in [3.63, 3.8) is 0 Å². The van der Waals surface area contributed by atoms with Crippen molar-refractivity contribution in [3.8, 4) is 5.75 Å². The van der Waals surface area contributed by atoms with Crippen LogP contribution in [0.5, 0.6) is 5.75 Å². The summed E-state index contributed by atoms with van der Waals surface area (Å²) in [7, 11) is 0.548. The van der Waals surface area contributed by atoms with Gasteiger partial charge in [0.1, 0.15) is 11.6 Å². The van der Waals surface area contributed by atoms with E-state index in [4.69, 9.17) is 0 Å². The van der Waals surface area contributed by atoms with Crippen molar-refractivity contribution in [2.24, 2.45) is 0 Å². The number of rotatable bonds is 3. The quantitative estimate of drug-likeness (QED) is 0.809. The molecule has 0 aliphatic heterocycles. The molecule has 0 fully saturated rings. The summed E-state index contributed by atoms with van der Waals surface area (Å²) in [5, 5.41) is 10.8. The monoisotopic (exact) mass is 234 g/mol. The molecule has 82 valence electrons. The maximum absolute atomic E-state index is 13.0. The van der Waals surface area contributed by atoms with E-state index < -0.39 is 0 Å². The van der Waals surface area contributed by atoms with E-state index in [9.17, 15) is 9.50 Å². The molecule has 2 rings (SSSR count). The molecule has 3 heteroatoms. The third kappa shape index (κ3) is 2.80. The van der Waals surface area contributed by atoms with Crippen molar-refractivity contribution in [3.05, 3.63) is 59.9 Å². The summed E-state index contributed by atoms with van der Waals surface area (Å²) in [5.41, 5.74) is 0.669. The average Bonchev–Trinajstić information content (AvgIpc) is 2.32. The lowest BCUT2D eigenvalue weighted by atomic mass is 10.2. The van der Waals surface area contributed by atoms with E-state index in [2.05, 4.69) is 0 Å². The molecule has 0 radical (unpaired) electrons. The highest BCUT2D eigenvalue weighted by Gasteiger charge is 2.03. The molecule has 2 aromatic carbocycles. The molecule has 0 aromatic heterocycles. The second-order valence-corrected chi connectivity index (χ2v) is 4.78. The molecule has 0 bridgehead atoms. The molecule has 0 amide bonds. The van der Waals surface area contributed by atoms with E-state index in [0.717, 1.165) is 0 Å². The summed E-state index contributed by atoms with van der Waals surface area (Å²) in [6.45, 7) is 0. The van der Waals surface area contributed by atoms with Gasteiger partial charge < -0.3 is 5.11 Å². The normalized spacial score (nSPS) is 11.1. The molecule has 1 unspecified atom stereocenters. The molecule has 0 saturated carbocycles. The van der Waals surface area contributed by atoms with Crippen LogP contribution in [0.3, 0.4) is 0 Å². The van der Waals surface area contributed by atoms with E-state index in [1.54, 1.807) is 0 Å². The van der Waals surface area contributed by atoms with Gasteiger partial charge in [-0.05, 0) is 29.7 Å². The molecular formula is C13H12FOP. The fourth-order valence-electron chi connectivity index (χ4n) is 1.45. The SMILES string of the molecule is Oc1ccc(F)cc1CPc1ccccc1. The van der Waals surface area contributed by atoms with Crippen LogP contribution >= 0.6 is 8.58 Å². The Bertz CT molecular complexity index is 471. The zero-order valence-corrected chi connectivity index (χ0v) is 9.65. The summed E-state index contributed by atoms with van der Waals surface area (Å²) in [4.78, 5) is 0. The van der Waals surface area contributed by atoms with Gasteiger partial charge in [-0.15, -0.1) is 0 Å². The molecule has 1 nitrogen and oxygen atoms in total. The van der Waals surface area contributed by atoms with Crippen LogP contribution < -0.4 is 5.30 Å². The second-order valence-electron chi connectivity index (χ2n) is 3.49. The minimum Gasteiger partial charge on any atom is -0.508 e. The zero-order chi connectivity index (χ0) is 11.4. The number of hydrogen-bond donors (Lipinski definition) is 1. The van der Waals surface area contributed by atoms with Gasteiger partial charge in [0.25, 0.3) is 0 Å². The van der Waals surface area contributed by atoms with Crippen LogP contribution in [0.15, 0.2) is 48.5 Å². The van der Waals surface area contributed by atoms with Gasteiger partial charge in [-0.25, -0.2) is 4.39 Å². The molecule has 1 atom stereocenters. The standard InChI is InChI=1S/C13H12FOP/c14-11-6-7-13(15)10(8-11)9-16-12-4-2-1-3-5-12/h1-8,15-16H,9H2. The largest absolute Gasteiger partial charge is 0.508 e. The predicted octanol–water partition coefficient (Wildman–Crippen LogP) is 3.04. The van der Waals surface area contributed by atoms with Crippen molar-refractivity contribution in [1.29, 1.82) is 0 Å². The summed E-state index contributed by atoms with van der Waals surface area (Å²) in [6, 6.07) is 14.1. The van der Waals surface area contributed by atoms with E-state index in [0.29, 0.717) is 20.3 Å². The van der Waals surface area contributed by atoms with E-state index >= 15 is 0 Å². The van der Waals surface area contributed by atoms with Crippen LogP contribution in [0.1, 0.15) is 5.56 Å². The highest BCUT2D eigenvalue weighted by molar-refractivity contribution is 7.46. The third-order valence-corrected chi connectivity index (χ3v) is 3.60. The van der Waals surface area contributed by atoms with Crippen LogP contribution in [-0.2, 0) is 6.16 Å². The summed E-state index contributed by atoms with van der Waals surface area (Å²) in [6.07, 6.45) is 0.674. The second kappa shape index (κ2) is 5.09. The van der Waals surface area contributed by atoms with E-state index in [1.807, 2.05) is 30.3 Å². The fourth-order valence-corrected chi connectivity index (χ4v) is 2.55. The van der Waals surface area contributed by atoms with Gasteiger partial charge in [-0.3, -0.25) is 0 Å². The van der Waals surface area contributed by atoms with Crippen LogP contribution in [0, 0.1) is 5.82 Å². The minimum atomic E-state index is -0.300. The van der Waals surface area contributed by atoms with Crippen LogP contribution in [0.25, 0.3) is 0 Å². The lowest BCUT2D eigenvalue weighted by molar-refractivity contribution is 0.468. The van der Waals surface area contributed by atoms with Gasteiger partial charge in [0.15, 0.2) is 0 Å². The number of benzene rings is 2. The van der Waals surface area contributed by atoms with Crippen molar-refractivity contribution < 1.29 is 9.50 Å². The van der Waals surface area contributed by atoms with Gasteiger partial charge in [0, 0.05) is 5.56 Å². The zero-order valence-electron chi connectivity index (χ0n) is 8.65. The smallest absolute Gasteiger partial charge is 0.123 e. The van der Waals surface area contributed by atoms with Crippen LogP contribution in [0.4, 0.5) is 4.39 Å². The molecule has 2 aromatic rings. The van der Waals surface area contributed by atoms with Crippen LogP contribution in [0.2, 0.25) is 0 Å². The summed E-state index contributed by atoms with van der Waals surface area (Å²) in [5.74, 6) is -0.129. The van der Waals surface area contributed by atoms with Crippen LogP contribution in [-0.4, -0.2) is 5.11 Å². The first kappa shape index (κ1) is 11.1. The first-order chi connectivity index (χ1) is 7.75. The Morgan fingerprint density at radius 2 is 1.81 bits per heavy atom. The molecule has 1 N–H and O–H groups in total. The number of aromatic hydroxyl groups is 1. The number of halogens is 1. The first-order valence-corrected chi connectivity index (χ1v) is 6.23. The summed E-state index contributed by atoms with van der Waals surface area (Å²) < 4.78 is 13.0. The Balaban J connectivity index is 2.08. The molecule has 0 aliphatic rings. The Hall–Kier alpha value is -1.40. The first-order valence-electron chi connectivity index (χ1n) is 5.02. The van der Waals surface area contributed by atoms with Crippen molar-refractivity contribution in [2.75, 3.05) is 0 Å². The van der Waals surface area contributed by atoms with Gasteiger partial charge in [-0.1, -0.05) is 38.9 Å². The molecule has 16 heavy (non-hydrogen) atoms. The van der Waals surface area contributed by atoms with Crippen molar-refractivity contribution in [1.82, 2.24) is 0 Å². The van der Waals surface area contributed by atoms with Crippen molar-refractivity contribution >= 4 is 13.9 Å². The highest BCUT2D eigenvalue weighted by Crippen LogP contribution is 2.25. The third-order valence-electron chi connectivity index (χ3n) is 2.30. The average molecular weight is 234 g/mol. The Kier molecular flexibility index (Phi) is 3.53. The van der Waals surface area contributed by atoms with E-state index in [-0.39, 0.29) is 11.6 Å². The van der Waals surface area contributed by atoms with Gasteiger partial charge >= 0.3 is 0 Å². The molecule has 0 heterocycles.